The standard InChI is InChI=1S/C15H18N2O2/c1-10(2)16-14(18)9-19-13-6-4-5-12-8-7-11(3)17-15(12)13/h4-8,10H,9H2,1-3H3,(H,16,18). The van der Waals surface area contributed by atoms with E-state index in [1.165, 1.54) is 0 Å². The molecule has 0 aliphatic rings. The monoisotopic (exact) mass is 258 g/mol. The van der Waals surface area contributed by atoms with Gasteiger partial charge in [-0.05, 0) is 32.9 Å². The molecule has 1 N–H and O–H groups in total. The lowest BCUT2D eigenvalue weighted by Crippen LogP contribution is -2.34. The molecule has 1 aromatic carbocycles. The van der Waals surface area contributed by atoms with Gasteiger partial charge in [0.1, 0.15) is 11.3 Å². The van der Waals surface area contributed by atoms with Gasteiger partial charge in [-0.1, -0.05) is 18.2 Å². The van der Waals surface area contributed by atoms with Gasteiger partial charge in [0.15, 0.2) is 6.61 Å². The normalized spacial score (nSPS) is 10.7. The van der Waals surface area contributed by atoms with Crippen LogP contribution in [-0.2, 0) is 4.79 Å². The van der Waals surface area contributed by atoms with Crippen molar-refractivity contribution >= 4 is 16.8 Å². The number of hydrogen-bond donors (Lipinski definition) is 1. The number of amides is 1. The SMILES string of the molecule is Cc1ccc2cccc(OCC(=O)NC(C)C)c2n1. The van der Waals surface area contributed by atoms with Gasteiger partial charge in [0.2, 0.25) is 0 Å². The molecule has 1 amide bonds. The van der Waals surface area contributed by atoms with Crippen LogP contribution in [0.25, 0.3) is 10.9 Å². The molecule has 1 aromatic heterocycles. The number of benzene rings is 1. The molecule has 0 bridgehead atoms. The number of nitrogens with one attached hydrogen (secondary N) is 1. The summed E-state index contributed by atoms with van der Waals surface area (Å²) in [5.41, 5.74) is 1.72. The summed E-state index contributed by atoms with van der Waals surface area (Å²) in [4.78, 5) is 16.0. The molecule has 0 saturated carbocycles. The summed E-state index contributed by atoms with van der Waals surface area (Å²) in [7, 11) is 0. The summed E-state index contributed by atoms with van der Waals surface area (Å²) in [6.45, 7) is 5.77. The van der Waals surface area contributed by atoms with Crippen molar-refractivity contribution in [2.24, 2.45) is 0 Å². The van der Waals surface area contributed by atoms with E-state index in [1.54, 1.807) is 0 Å². The maximum atomic E-state index is 11.6. The number of carbonyl (C=O) groups excluding carboxylic acids is 1. The summed E-state index contributed by atoms with van der Waals surface area (Å²) < 4.78 is 5.56. The van der Waals surface area contributed by atoms with Crippen molar-refractivity contribution < 1.29 is 9.53 Å². The van der Waals surface area contributed by atoms with Crippen molar-refractivity contribution in [3.8, 4) is 5.75 Å². The van der Waals surface area contributed by atoms with E-state index in [4.69, 9.17) is 4.74 Å². The number of aryl methyl sites for hydroxylation is 1. The van der Waals surface area contributed by atoms with Crippen LogP contribution in [0.5, 0.6) is 5.75 Å². The average Bonchev–Trinajstić information content (AvgIpc) is 2.35. The summed E-state index contributed by atoms with van der Waals surface area (Å²) in [6, 6.07) is 9.77. The molecule has 0 spiro atoms. The van der Waals surface area contributed by atoms with E-state index in [0.717, 1.165) is 16.6 Å². The predicted molar refractivity (Wildman–Crippen MR) is 75.3 cm³/mol. The number of hydrogen-bond acceptors (Lipinski definition) is 3. The van der Waals surface area contributed by atoms with Crippen LogP contribution in [0.3, 0.4) is 0 Å². The quantitative estimate of drug-likeness (QED) is 0.916. The first-order chi connectivity index (χ1) is 9.06. The number of nitrogens with zero attached hydrogens (tertiary/aromatic N) is 1. The fourth-order valence-corrected chi connectivity index (χ4v) is 1.84. The highest BCUT2D eigenvalue weighted by molar-refractivity contribution is 5.85. The predicted octanol–water partition coefficient (Wildman–Crippen LogP) is 2.45. The van der Waals surface area contributed by atoms with Gasteiger partial charge in [-0.15, -0.1) is 0 Å². The second kappa shape index (κ2) is 5.69. The molecule has 2 aromatic rings. The molecule has 0 saturated heterocycles. The molecule has 4 nitrogen and oxygen atoms in total. The van der Waals surface area contributed by atoms with Gasteiger partial charge in [0.05, 0.1) is 0 Å². The topological polar surface area (TPSA) is 51.2 Å². The number of pyridine rings is 1. The van der Waals surface area contributed by atoms with E-state index < -0.39 is 0 Å². The Kier molecular flexibility index (Phi) is 4.00. The molecular weight excluding hydrogens is 240 g/mol. The highest BCUT2D eigenvalue weighted by Crippen LogP contribution is 2.23. The van der Waals surface area contributed by atoms with Gasteiger partial charge in [0, 0.05) is 17.1 Å². The molecule has 2 rings (SSSR count). The Labute approximate surface area is 112 Å². The number of fused-ring (bicyclic) bond motifs is 1. The van der Waals surface area contributed by atoms with Crippen LogP contribution in [0.4, 0.5) is 0 Å². The number of para-hydroxylation sites is 1. The van der Waals surface area contributed by atoms with E-state index in [9.17, 15) is 4.79 Å². The average molecular weight is 258 g/mol. The summed E-state index contributed by atoms with van der Waals surface area (Å²) in [6.07, 6.45) is 0. The Bertz CT molecular complexity index is 594. The highest BCUT2D eigenvalue weighted by Gasteiger charge is 2.07. The minimum absolute atomic E-state index is 0.00686. The molecule has 0 aliphatic carbocycles. The molecule has 0 fully saturated rings. The maximum absolute atomic E-state index is 11.6. The van der Waals surface area contributed by atoms with E-state index in [0.29, 0.717) is 5.75 Å². The van der Waals surface area contributed by atoms with Crippen molar-refractivity contribution in [1.29, 1.82) is 0 Å². The van der Waals surface area contributed by atoms with Crippen LogP contribution in [0, 0.1) is 6.92 Å². The lowest BCUT2D eigenvalue weighted by molar-refractivity contribution is -0.123. The van der Waals surface area contributed by atoms with Gasteiger partial charge in [0.25, 0.3) is 5.91 Å². The molecule has 0 unspecified atom stereocenters. The molecule has 1 heterocycles. The summed E-state index contributed by atoms with van der Waals surface area (Å²) in [5.74, 6) is 0.514. The molecule has 0 aliphatic heterocycles. The first-order valence-electron chi connectivity index (χ1n) is 6.35. The van der Waals surface area contributed by atoms with E-state index in [-0.39, 0.29) is 18.6 Å². The van der Waals surface area contributed by atoms with Crippen molar-refractivity contribution in [2.45, 2.75) is 26.8 Å². The molecule has 4 heteroatoms. The van der Waals surface area contributed by atoms with Gasteiger partial charge >= 0.3 is 0 Å². The van der Waals surface area contributed by atoms with Crippen LogP contribution in [0.15, 0.2) is 30.3 Å². The highest BCUT2D eigenvalue weighted by atomic mass is 16.5. The second-order valence-electron chi connectivity index (χ2n) is 4.79. The lowest BCUT2D eigenvalue weighted by Gasteiger charge is -2.11. The van der Waals surface area contributed by atoms with Crippen LogP contribution in [0.1, 0.15) is 19.5 Å². The third kappa shape index (κ3) is 3.44. The molecular formula is C15H18N2O2. The lowest BCUT2D eigenvalue weighted by atomic mass is 10.2. The van der Waals surface area contributed by atoms with Crippen LogP contribution < -0.4 is 10.1 Å². The van der Waals surface area contributed by atoms with Gasteiger partial charge in [-0.2, -0.15) is 0 Å². The molecule has 19 heavy (non-hydrogen) atoms. The Morgan fingerprint density at radius 2 is 2.11 bits per heavy atom. The Morgan fingerprint density at radius 3 is 2.84 bits per heavy atom. The van der Waals surface area contributed by atoms with Crippen molar-refractivity contribution in [3.05, 3.63) is 36.0 Å². The second-order valence-corrected chi connectivity index (χ2v) is 4.79. The Hall–Kier alpha value is -2.10. The van der Waals surface area contributed by atoms with E-state index in [1.807, 2.05) is 51.1 Å². The zero-order chi connectivity index (χ0) is 13.8. The van der Waals surface area contributed by atoms with Crippen LogP contribution >= 0.6 is 0 Å². The smallest absolute Gasteiger partial charge is 0.258 e. The zero-order valence-electron chi connectivity index (χ0n) is 11.4. The minimum Gasteiger partial charge on any atom is -0.481 e. The van der Waals surface area contributed by atoms with Crippen LogP contribution in [-0.4, -0.2) is 23.5 Å². The summed E-state index contributed by atoms with van der Waals surface area (Å²) >= 11 is 0. The van der Waals surface area contributed by atoms with Crippen LogP contribution in [0.2, 0.25) is 0 Å². The molecule has 0 radical (unpaired) electrons. The first-order valence-corrected chi connectivity index (χ1v) is 6.35. The summed E-state index contributed by atoms with van der Waals surface area (Å²) in [5, 5.41) is 3.79. The zero-order valence-corrected chi connectivity index (χ0v) is 11.4. The fourth-order valence-electron chi connectivity index (χ4n) is 1.84. The minimum atomic E-state index is -0.125. The third-order valence-corrected chi connectivity index (χ3v) is 2.63. The van der Waals surface area contributed by atoms with E-state index in [2.05, 4.69) is 10.3 Å². The Balaban J connectivity index is 2.16. The number of aromatic nitrogens is 1. The largest absolute Gasteiger partial charge is 0.481 e. The molecule has 100 valence electrons. The number of carbonyl (C=O) groups is 1. The van der Waals surface area contributed by atoms with Crippen molar-refractivity contribution in [1.82, 2.24) is 10.3 Å². The van der Waals surface area contributed by atoms with Crippen molar-refractivity contribution in [3.63, 3.8) is 0 Å². The third-order valence-electron chi connectivity index (χ3n) is 2.63. The van der Waals surface area contributed by atoms with E-state index >= 15 is 0 Å². The fraction of sp³-hybridized carbons (Fsp3) is 0.333. The van der Waals surface area contributed by atoms with Gasteiger partial charge < -0.3 is 10.1 Å². The van der Waals surface area contributed by atoms with Crippen molar-refractivity contribution in [2.75, 3.05) is 6.61 Å². The first kappa shape index (κ1) is 13.3. The number of rotatable bonds is 4. The molecule has 0 atom stereocenters. The Morgan fingerprint density at radius 1 is 1.32 bits per heavy atom. The number of ether oxygens (including phenoxy) is 1. The van der Waals surface area contributed by atoms with Gasteiger partial charge in [-0.25, -0.2) is 4.98 Å². The maximum Gasteiger partial charge on any atom is 0.258 e. The van der Waals surface area contributed by atoms with Gasteiger partial charge in [-0.3, -0.25) is 4.79 Å².